The molecule has 3 rings (SSSR count). The number of hydrogen-bond acceptors (Lipinski definition) is 5. The van der Waals surface area contributed by atoms with E-state index in [-0.39, 0.29) is 17.0 Å². The van der Waals surface area contributed by atoms with Crippen molar-refractivity contribution in [3.63, 3.8) is 0 Å². The number of fused-ring (bicyclic) bond motifs is 1. The van der Waals surface area contributed by atoms with E-state index in [2.05, 4.69) is 6.07 Å². The number of hydrogen-bond donors (Lipinski definition) is 1. The molecule has 29 heavy (non-hydrogen) atoms. The molecule has 0 bridgehead atoms. The number of halogens is 1. The largest absolute Gasteiger partial charge is 0.440 e. The average Bonchev–Trinajstić information content (AvgIpc) is 2.67. The van der Waals surface area contributed by atoms with Gasteiger partial charge >= 0.3 is 0 Å². The van der Waals surface area contributed by atoms with Crippen LogP contribution in [0, 0.1) is 17.1 Å². The number of aromatic nitrogens is 1. The number of nitrogens with two attached hydrogens (primary N) is 1. The van der Waals surface area contributed by atoms with Crippen molar-refractivity contribution < 1.29 is 9.13 Å². The quantitative estimate of drug-likeness (QED) is 0.812. The van der Waals surface area contributed by atoms with Crippen LogP contribution >= 0.6 is 0 Å². The molecule has 0 saturated carbocycles. The Morgan fingerprint density at radius 3 is 2.59 bits per heavy atom. The molecule has 7 heteroatoms. The molecule has 1 aromatic carbocycles. The van der Waals surface area contributed by atoms with E-state index < -0.39 is 11.7 Å². The van der Waals surface area contributed by atoms with Gasteiger partial charge in [0.15, 0.2) is 0 Å². The SMILES string of the molecule is CCCc1cc2c(c(=O)n1CCN(C)C)C(c1ccc(F)cc1)C(C#N)=C(N)O2. The smallest absolute Gasteiger partial charge is 0.258 e. The summed E-state index contributed by atoms with van der Waals surface area (Å²) in [5.74, 6) is -0.746. The van der Waals surface area contributed by atoms with Crippen LogP contribution in [0.25, 0.3) is 0 Å². The lowest BCUT2D eigenvalue weighted by atomic mass is 9.84. The highest BCUT2D eigenvalue weighted by Crippen LogP contribution is 2.40. The fraction of sp³-hybridized carbons (Fsp3) is 0.364. The predicted octanol–water partition coefficient (Wildman–Crippen LogP) is 2.72. The molecule has 0 aliphatic carbocycles. The summed E-state index contributed by atoms with van der Waals surface area (Å²) in [5.41, 5.74) is 7.82. The van der Waals surface area contributed by atoms with Crippen LogP contribution in [0.5, 0.6) is 5.75 Å². The normalized spacial score (nSPS) is 15.8. The van der Waals surface area contributed by atoms with Gasteiger partial charge in [-0.3, -0.25) is 4.79 Å². The van der Waals surface area contributed by atoms with Gasteiger partial charge in [-0.25, -0.2) is 4.39 Å². The number of allylic oxidation sites excluding steroid dienone is 1. The minimum Gasteiger partial charge on any atom is -0.440 e. The van der Waals surface area contributed by atoms with Crippen molar-refractivity contribution >= 4 is 0 Å². The van der Waals surface area contributed by atoms with Crippen molar-refractivity contribution in [3.8, 4) is 11.8 Å². The zero-order valence-corrected chi connectivity index (χ0v) is 16.9. The van der Waals surface area contributed by atoms with E-state index in [9.17, 15) is 14.4 Å². The Morgan fingerprint density at radius 2 is 2.00 bits per heavy atom. The molecule has 2 heterocycles. The summed E-state index contributed by atoms with van der Waals surface area (Å²) < 4.78 is 20.9. The molecule has 1 aliphatic heterocycles. The second kappa shape index (κ2) is 8.50. The lowest BCUT2D eigenvalue weighted by Gasteiger charge is -2.28. The maximum atomic E-state index is 13.6. The summed E-state index contributed by atoms with van der Waals surface area (Å²) in [5, 5.41) is 9.69. The van der Waals surface area contributed by atoms with Crippen molar-refractivity contribution in [3.05, 3.63) is 74.8 Å². The molecule has 1 unspecified atom stereocenters. The van der Waals surface area contributed by atoms with E-state index >= 15 is 0 Å². The molecular weight excluding hydrogens is 371 g/mol. The van der Waals surface area contributed by atoms with Crippen LogP contribution in [0.4, 0.5) is 4.39 Å². The van der Waals surface area contributed by atoms with Gasteiger partial charge in [0.05, 0.1) is 11.5 Å². The predicted molar refractivity (Wildman–Crippen MR) is 109 cm³/mol. The summed E-state index contributed by atoms with van der Waals surface area (Å²) >= 11 is 0. The van der Waals surface area contributed by atoms with Crippen LogP contribution in [-0.4, -0.2) is 30.1 Å². The Morgan fingerprint density at radius 1 is 1.31 bits per heavy atom. The van der Waals surface area contributed by atoms with Gasteiger partial charge in [0.1, 0.15) is 23.2 Å². The number of likely N-dealkylation sites (N-methyl/N-ethyl adjacent to an activating group) is 1. The first-order chi connectivity index (χ1) is 13.9. The highest BCUT2D eigenvalue weighted by molar-refractivity contribution is 5.55. The zero-order chi connectivity index (χ0) is 21.1. The average molecular weight is 396 g/mol. The standard InChI is InChI=1S/C22H25FN4O2/c1-4-5-16-12-18-20(22(28)27(16)11-10-26(2)3)19(17(13-24)21(25)29-18)14-6-8-15(23)9-7-14/h6-9,12,19H,4-5,10-11,25H2,1-3H3. The third-order valence-electron chi connectivity index (χ3n) is 5.05. The molecule has 0 amide bonds. The van der Waals surface area contributed by atoms with Crippen LogP contribution < -0.4 is 16.0 Å². The molecule has 2 N–H and O–H groups in total. The van der Waals surface area contributed by atoms with Gasteiger partial charge < -0.3 is 19.9 Å². The lowest BCUT2D eigenvalue weighted by molar-refractivity contribution is 0.367. The van der Waals surface area contributed by atoms with E-state index in [1.165, 1.54) is 12.1 Å². The molecule has 1 aromatic heterocycles. The van der Waals surface area contributed by atoms with E-state index in [0.717, 1.165) is 18.5 Å². The fourth-order valence-electron chi connectivity index (χ4n) is 3.62. The second-order valence-electron chi connectivity index (χ2n) is 7.40. The molecule has 1 atom stereocenters. The monoisotopic (exact) mass is 396 g/mol. The second-order valence-corrected chi connectivity index (χ2v) is 7.40. The minimum absolute atomic E-state index is 0.0257. The minimum atomic E-state index is -0.696. The number of aryl methyl sites for hydroxylation is 1. The highest BCUT2D eigenvalue weighted by atomic mass is 19.1. The van der Waals surface area contributed by atoms with Gasteiger partial charge in [-0.05, 0) is 38.2 Å². The maximum absolute atomic E-state index is 13.6. The van der Waals surface area contributed by atoms with Gasteiger partial charge in [0.25, 0.3) is 5.56 Å². The summed E-state index contributed by atoms with van der Waals surface area (Å²) in [7, 11) is 3.90. The van der Waals surface area contributed by atoms with Crippen LogP contribution in [-0.2, 0) is 13.0 Å². The fourth-order valence-corrected chi connectivity index (χ4v) is 3.62. The van der Waals surface area contributed by atoms with Crippen molar-refractivity contribution in [1.82, 2.24) is 9.47 Å². The summed E-state index contributed by atoms with van der Waals surface area (Å²) in [6.45, 7) is 3.26. The highest BCUT2D eigenvalue weighted by Gasteiger charge is 2.34. The topological polar surface area (TPSA) is 84.3 Å². The van der Waals surface area contributed by atoms with Gasteiger partial charge in [-0.15, -0.1) is 0 Å². The van der Waals surface area contributed by atoms with Gasteiger partial charge in [0.2, 0.25) is 5.88 Å². The molecule has 6 nitrogen and oxygen atoms in total. The Balaban J connectivity index is 2.24. The summed E-state index contributed by atoms with van der Waals surface area (Å²) in [4.78, 5) is 15.6. The molecule has 0 spiro atoms. The number of nitriles is 1. The first kappa shape index (κ1) is 20.6. The van der Waals surface area contributed by atoms with E-state index in [1.54, 1.807) is 16.7 Å². The Labute approximate surface area is 169 Å². The van der Waals surface area contributed by atoms with Gasteiger partial charge in [0, 0.05) is 24.8 Å². The first-order valence-corrected chi connectivity index (χ1v) is 9.61. The number of pyridine rings is 1. The summed E-state index contributed by atoms with van der Waals surface area (Å²) in [6.07, 6.45) is 1.59. The number of nitrogens with zero attached hydrogens (tertiary/aromatic N) is 3. The third kappa shape index (κ3) is 4.03. The molecular formula is C22H25FN4O2. The van der Waals surface area contributed by atoms with E-state index in [1.807, 2.05) is 32.0 Å². The third-order valence-corrected chi connectivity index (χ3v) is 5.05. The van der Waals surface area contributed by atoms with E-state index in [4.69, 9.17) is 10.5 Å². The number of benzene rings is 1. The number of ether oxygens (including phenoxy) is 1. The van der Waals surface area contributed by atoms with Crippen molar-refractivity contribution in [1.29, 1.82) is 5.26 Å². The van der Waals surface area contributed by atoms with Crippen LogP contribution in [0.1, 0.15) is 36.1 Å². The molecule has 0 fully saturated rings. The zero-order valence-electron chi connectivity index (χ0n) is 16.9. The first-order valence-electron chi connectivity index (χ1n) is 9.61. The Hall–Kier alpha value is -3.11. The molecule has 0 saturated heterocycles. The molecule has 152 valence electrons. The lowest BCUT2D eigenvalue weighted by Crippen LogP contribution is -2.35. The van der Waals surface area contributed by atoms with Crippen LogP contribution in [0.2, 0.25) is 0 Å². The van der Waals surface area contributed by atoms with Crippen molar-refractivity contribution in [2.45, 2.75) is 32.2 Å². The molecule has 2 aromatic rings. The van der Waals surface area contributed by atoms with Crippen molar-refractivity contribution in [2.24, 2.45) is 5.73 Å². The molecule has 0 radical (unpaired) electrons. The van der Waals surface area contributed by atoms with Crippen molar-refractivity contribution in [2.75, 3.05) is 20.6 Å². The van der Waals surface area contributed by atoms with Gasteiger partial charge in [-0.1, -0.05) is 25.5 Å². The van der Waals surface area contributed by atoms with Crippen LogP contribution in [0.3, 0.4) is 0 Å². The summed E-state index contributed by atoms with van der Waals surface area (Å²) in [6, 6.07) is 9.68. The molecule has 1 aliphatic rings. The number of rotatable bonds is 6. The maximum Gasteiger partial charge on any atom is 0.258 e. The van der Waals surface area contributed by atoms with E-state index in [0.29, 0.717) is 30.0 Å². The van der Waals surface area contributed by atoms with Crippen LogP contribution in [0.15, 0.2) is 46.6 Å². The van der Waals surface area contributed by atoms with Gasteiger partial charge in [-0.2, -0.15) is 5.26 Å². The Kier molecular flexibility index (Phi) is 6.04. The Bertz CT molecular complexity index is 1030.